The molecule has 0 saturated heterocycles. The number of ketones is 2. The zero-order valence-corrected chi connectivity index (χ0v) is 23.2. The Balaban J connectivity index is 0.000000275. The molecule has 2 N–H and O–H groups in total. The molecule has 2 heterocycles. The number of methoxy groups -OCH3 is 2. The Morgan fingerprint density at radius 3 is 1.78 bits per heavy atom. The third-order valence-electron chi connectivity index (χ3n) is 6.00. The minimum absolute atomic E-state index is 0.00662. The molecule has 41 heavy (non-hydrogen) atoms. The Hall–Kier alpha value is -5.39. The van der Waals surface area contributed by atoms with E-state index >= 15 is 0 Å². The number of aryl methyl sites for hydroxylation is 2. The fourth-order valence-corrected chi connectivity index (χ4v) is 3.73. The number of fused-ring (bicyclic) bond motifs is 1. The highest BCUT2D eigenvalue weighted by Gasteiger charge is 2.11. The Morgan fingerprint density at radius 1 is 0.829 bits per heavy atom. The van der Waals surface area contributed by atoms with E-state index in [1.165, 1.54) is 56.4 Å². The van der Waals surface area contributed by atoms with Gasteiger partial charge in [0.1, 0.15) is 0 Å². The van der Waals surface area contributed by atoms with E-state index in [0.717, 1.165) is 4.57 Å². The number of carbonyl (C=O) groups is 2. The first-order chi connectivity index (χ1) is 19.5. The highest BCUT2D eigenvalue weighted by atomic mass is 16.5. The van der Waals surface area contributed by atoms with Crippen LogP contribution in [-0.4, -0.2) is 54.7 Å². The van der Waals surface area contributed by atoms with Crippen molar-refractivity contribution in [3.05, 3.63) is 86.8 Å². The average Bonchev–Trinajstić information content (AvgIpc) is 3.35. The SMILES string of the molecule is COc1cc(/C=C/C(=O)CC(=O)/C=C/c2ccc(O)c(OC)c2)ccc1O.Cn1c(=O)c2c(ncn2C)n(C)c1=O. The molecule has 214 valence electrons. The van der Waals surface area contributed by atoms with Crippen LogP contribution in [0.5, 0.6) is 23.0 Å². The quantitative estimate of drug-likeness (QED) is 0.243. The van der Waals surface area contributed by atoms with Gasteiger partial charge in [0.05, 0.1) is 27.0 Å². The Labute approximate surface area is 234 Å². The Kier molecular flexibility index (Phi) is 9.64. The van der Waals surface area contributed by atoms with Crippen molar-refractivity contribution in [1.29, 1.82) is 0 Å². The Bertz CT molecular complexity index is 1700. The number of phenols is 2. The molecule has 0 amide bonds. The van der Waals surface area contributed by atoms with Crippen molar-refractivity contribution in [2.24, 2.45) is 21.1 Å². The molecule has 4 aromatic rings. The molecule has 2 aromatic carbocycles. The van der Waals surface area contributed by atoms with Crippen LogP contribution in [0.1, 0.15) is 17.5 Å². The van der Waals surface area contributed by atoms with Crippen LogP contribution < -0.4 is 20.7 Å². The van der Waals surface area contributed by atoms with Gasteiger partial charge in [-0.25, -0.2) is 9.78 Å². The van der Waals surface area contributed by atoms with Crippen molar-refractivity contribution in [3.8, 4) is 23.0 Å². The summed E-state index contributed by atoms with van der Waals surface area (Å²) in [6, 6.07) is 9.34. The molecule has 0 aliphatic rings. The largest absolute Gasteiger partial charge is 0.504 e. The zero-order valence-electron chi connectivity index (χ0n) is 23.2. The molecular formula is C29H30N4O8. The molecule has 0 fully saturated rings. The standard InChI is InChI=1S/C21H20O6.C8H10N4O2/c1-26-20-11-14(5-9-18(20)24)3-7-16(22)13-17(23)8-4-15-6-10-19(25)21(12-15)27-2;1-10-4-9-6-5(10)7(13)12(3)8(14)11(6)2/h3-12,24-25H,13H2,1-2H3;4H,1-3H3/b7-3+,8-4+;. The second kappa shape index (κ2) is 13.1. The number of nitrogens with zero attached hydrogens (tertiary/aromatic N) is 4. The van der Waals surface area contributed by atoms with Crippen LogP contribution in [0.2, 0.25) is 0 Å². The van der Waals surface area contributed by atoms with Gasteiger partial charge in [0.2, 0.25) is 0 Å². The summed E-state index contributed by atoms with van der Waals surface area (Å²) in [6.45, 7) is 0. The van der Waals surface area contributed by atoms with Crippen molar-refractivity contribution in [1.82, 2.24) is 18.7 Å². The lowest BCUT2D eigenvalue weighted by atomic mass is 10.1. The molecule has 4 rings (SSSR count). The number of aromatic nitrogens is 4. The van der Waals surface area contributed by atoms with Crippen molar-refractivity contribution in [2.45, 2.75) is 6.42 Å². The molecule has 0 bridgehead atoms. The van der Waals surface area contributed by atoms with Gasteiger partial charge in [0.15, 0.2) is 45.7 Å². The fraction of sp³-hybridized carbons (Fsp3) is 0.207. The van der Waals surface area contributed by atoms with Gasteiger partial charge in [-0.05, 0) is 47.5 Å². The molecule has 0 spiro atoms. The van der Waals surface area contributed by atoms with Crippen LogP contribution >= 0.6 is 0 Å². The van der Waals surface area contributed by atoms with Crippen molar-refractivity contribution in [3.63, 3.8) is 0 Å². The molecule has 0 unspecified atom stereocenters. The highest BCUT2D eigenvalue weighted by molar-refractivity contribution is 6.10. The molecule has 12 nitrogen and oxygen atoms in total. The summed E-state index contributed by atoms with van der Waals surface area (Å²) in [5, 5.41) is 19.1. The number of benzene rings is 2. The maximum absolute atomic E-state index is 11.9. The van der Waals surface area contributed by atoms with Gasteiger partial charge < -0.3 is 24.3 Å². The summed E-state index contributed by atoms with van der Waals surface area (Å²) < 4.78 is 14.0. The van der Waals surface area contributed by atoms with Crippen LogP contribution in [0.4, 0.5) is 0 Å². The van der Waals surface area contributed by atoms with Crippen LogP contribution in [0.15, 0.2) is 64.5 Å². The summed E-state index contributed by atoms with van der Waals surface area (Å²) in [5.74, 6) is -0.0832. The van der Waals surface area contributed by atoms with Gasteiger partial charge in [-0.15, -0.1) is 0 Å². The van der Waals surface area contributed by atoms with Crippen LogP contribution in [0, 0.1) is 0 Å². The molecule has 0 aliphatic heterocycles. The highest BCUT2D eigenvalue weighted by Crippen LogP contribution is 2.27. The van der Waals surface area contributed by atoms with Gasteiger partial charge in [-0.3, -0.25) is 23.5 Å². The van der Waals surface area contributed by atoms with Gasteiger partial charge in [0.25, 0.3) is 5.56 Å². The van der Waals surface area contributed by atoms with E-state index in [2.05, 4.69) is 4.98 Å². The predicted octanol–water partition coefficient (Wildman–Crippen LogP) is 2.34. The number of allylic oxidation sites excluding steroid dienone is 2. The second-order valence-corrected chi connectivity index (χ2v) is 8.87. The first-order valence-electron chi connectivity index (χ1n) is 12.2. The topological polar surface area (TPSA) is 155 Å². The maximum Gasteiger partial charge on any atom is 0.332 e. The molecule has 12 heteroatoms. The number of phenolic OH excluding ortho intramolecular Hbond substituents is 2. The monoisotopic (exact) mass is 562 g/mol. The normalized spacial score (nSPS) is 11.0. The Morgan fingerprint density at radius 2 is 1.32 bits per heavy atom. The minimum Gasteiger partial charge on any atom is -0.504 e. The van der Waals surface area contributed by atoms with Crippen LogP contribution in [0.3, 0.4) is 0 Å². The summed E-state index contributed by atoms with van der Waals surface area (Å²) in [6.07, 6.45) is 6.96. The van der Waals surface area contributed by atoms with Gasteiger partial charge in [-0.2, -0.15) is 0 Å². The number of hydrogen-bond acceptors (Lipinski definition) is 9. The van der Waals surface area contributed by atoms with E-state index in [9.17, 15) is 29.4 Å². The minimum atomic E-state index is -0.360. The van der Waals surface area contributed by atoms with E-state index in [1.54, 1.807) is 55.1 Å². The first-order valence-corrected chi connectivity index (χ1v) is 12.2. The van der Waals surface area contributed by atoms with Gasteiger partial charge in [-0.1, -0.05) is 24.3 Å². The number of imidazole rings is 1. The molecule has 0 aliphatic carbocycles. The number of ether oxygens (including phenoxy) is 2. The van der Waals surface area contributed by atoms with Crippen molar-refractivity contribution >= 4 is 34.9 Å². The number of aromatic hydroxyl groups is 2. The molecule has 0 radical (unpaired) electrons. The second-order valence-electron chi connectivity index (χ2n) is 8.87. The van der Waals surface area contributed by atoms with Gasteiger partial charge >= 0.3 is 5.69 Å². The van der Waals surface area contributed by atoms with Crippen molar-refractivity contribution < 1.29 is 29.3 Å². The summed E-state index contributed by atoms with van der Waals surface area (Å²) in [4.78, 5) is 51.0. The smallest absolute Gasteiger partial charge is 0.332 e. The van der Waals surface area contributed by atoms with E-state index in [0.29, 0.717) is 33.8 Å². The van der Waals surface area contributed by atoms with Crippen molar-refractivity contribution in [2.75, 3.05) is 14.2 Å². The van der Waals surface area contributed by atoms with E-state index in [-0.39, 0.29) is 40.7 Å². The van der Waals surface area contributed by atoms with Crippen LogP contribution in [0.25, 0.3) is 23.3 Å². The average molecular weight is 563 g/mol. The lowest BCUT2D eigenvalue weighted by molar-refractivity contribution is -0.121. The zero-order chi connectivity index (χ0) is 30.3. The predicted molar refractivity (Wildman–Crippen MR) is 153 cm³/mol. The van der Waals surface area contributed by atoms with Gasteiger partial charge in [0, 0.05) is 21.1 Å². The molecular weight excluding hydrogens is 532 g/mol. The summed E-state index contributed by atoms with van der Waals surface area (Å²) in [7, 11) is 7.64. The number of rotatable bonds is 8. The molecule has 2 aromatic heterocycles. The van der Waals surface area contributed by atoms with Crippen LogP contribution in [-0.2, 0) is 30.7 Å². The third-order valence-corrected chi connectivity index (χ3v) is 6.00. The molecule has 0 atom stereocenters. The fourth-order valence-electron chi connectivity index (χ4n) is 3.73. The van der Waals surface area contributed by atoms with E-state index in [4.69, 9.17) is 9.47 Å². The maximum atomic E-state index is 11.9. The van der Waals surface area contributed by atoms with E-state index in [1.807, 2.05) is 0 Å². The summed E-state index contributed by atoms with van der Waals surface area (Å²) >= 11 is 0. The lowest BCUT2D eigenvalue weighted by Gasteiger charge is -2.03. The lowest BCUT2D eigenvalue weighted by Crippen LogP contribution is -2.37. The summed E-state index contributed by atoms with van der Waals surface area (Å²) in [5.41, 5.74) is 1.51. The molecule has 0 saturated carbocycles. The first kappa shape index (κ1) is 30.2. The van der Waals surface area contributed by atoms with E-state index < -0.39 is 0 Å². The number of carbonyl (C=O) groups excluding carboxylic acids is 2. The number of hydrogen-bond donors (Lipinski definition) is 2. The third kappa shape index (κ3) is 7.18.